The van der Waals surface area contributed by atoms with Gasteiger partial charge in [0, 0.05) is 0 Å². The largest absolute Gasteiger partial charge is 0.491 e. The van der Waals surface area contributed by atoms with Crippen molar-refractivity contribution in [1.29, 1.82) is 0 Å². The van der Waals surface area contributed by atoms with E-state index in [1.807, 2.05) is 19.9 Å². The molecule has 1 aliphatic rings. The summed E-state index contributed by atoms with van der Waals surface area (Å²) in [5.74, 6) is -0.0135. The van der Waals surface area contributed by atoms with Crippen LogP contribution >= 0.6 is 0 Å². The van der Waals surface area contributed by atoms with Gasteiger partial charge in [-0.05, 0) is 57.5 Å². The molecule has 1 aromatic rings. The van der Waals surface area contributed by atoms with E-state index in [4.69, 9.17) is 9.47 Å². The molecule has 19 heavy (non-hydrogen) atoms. The summed E-state index contributed by atoms with van der Waals surface area (Å²) in [6.45, 7) is 6.27. The standard InChI is InChI=1S/C15H22FNO2/c1-3-18-15-5-4-12(10-14(15)16)11(2)19-13-6-8-17-9-7-13/h4-5,10-11,13,17H,3,6-9H2,1-2H3. The Morgan fingerprint density at radius 2 is 2.11 bits per heavy atom. The van der Waals surface area contributed by atoms with Crippen molar-refractivity contribution in [1.82, 2.24) is 5.32 Å². The molecule has 1 N–H and O–H groups in total. The summed E-state index contributed by atoms with van der Waals surface area (Å²) in [6.07, 6.45) is 2.22. The summed E-state index contributed by atoms with van der Waals surface area (Å²) in [4.78, 5) is 0. The van der Waals surface area contributed by atoms with Gasteiger partial charge in [0.1, 0.15) is 0 Å². The molecule has 1 aliphatic heterocycles. The Labute approximate surface area is 114 Å². The predicted molar refractivity (Wildman–Crippen MR) is 73.0 cm³/mol. The van der Waals surface area contributed by atoms with Crippen LogP contribution in [0, 0.1) is 5.82 Å². The molecule has 1 saturated heterocycles. The molecule has 4 heteroatoms. The van der Waals surface area contributed by atoms with Crippen molar-refractivity contribution in [3.8, 4) is 5.75 Å². The molecular weight excluding hydrogens is 245 g/mol. The lowest BCUT2D eigenvalue weighted by atomic mass is 10.1. The van der Waals surface area contributed by atoms with Gasteiger partial charge in [0.2, 0.25) is 0 Å². The summed E-state index contributed by atoms with van der Waals surface area (Å²) in [7, 11) is 0. The van der Waals surface area contributed by atoms with Gasteiger partial charge >= 0.3 is 0 Å². The molecule has 106 valence electrons. The maximum absolute atomic E-state index is 13.8. The molecule has 2 rings (SSSR count). The molecule has 1 fully saturated rings. The lowest BCUT2D eigenvalue weighted by Gasteiger charge is -2.26. The summed E-state index contributed by atoms with van der Waals surface area (Å²) in [5, 5.41) is 3.30. The van der Waals surface area contributed by atoms with Gasteiger partial charge in [0.05, 0.1) is 18.8 Å². The quantitative estimate of drug-likeness (QED) is 0.889. The molecular formula is C15H22FNO2. The fourth-order valence-electron chi connectivity index (χ4n) is 2.34. The smallest absolute Gasteiger partial charge is 0.165 e. The Kier molecular flexibility index (Phi) is 5.16. The number of piperidine rings is 1. The van der Waals surface area contributed by atoms with Crippen LogP contribution in [0.4, 0.5) is 4.39 Å². The van der Waals surface area contributed by atoms with Crippen LogP contribution < -0.4 is 10.1 Å². The Morgan fingerprint density at radius 3 is 2.74 bits per heavy atom. The fourth-order valence-corrected chi connectivity index (χ4v) is 2.34. The Bertz CT molecular complexity index is 405. The molecule has 1 unspecified atom stereocenters. The van der Waals surface area contributed by atoms with Gasteiger partial charge in [-0.1, -0.05) is 6.07 Å². The molecule has 0 radical (unpaired) electrons. The maximum Gasteiger partial charge on any atom is 0.165 e. The lowest BCUT2D eigenvalue weighted by molar-refractivity contribution is -0.0188. The molecule has 0 spiro atoms. The average Bonchev–Trinajstić information content (AvgIpc) is 2.42. The zero-order valence-corrected chi connectivity index (χ0v) is 11.6. The summed E-state index contributed by atoms with van der Waals surface area (Å²) in [5.41, 5.74) is 0.861. The zero-order chi connectivity index (χ0) is 13.7. The highest BCUT2D eigenvalue weighted by Gasteiger charge is 2.18. The first-order valence-electron chi connectivity index (χ1n) is 6.99. The van der Waals surface area contributed by atoms with Gasteiger partial charge in [0.15, 0.2) is 11.6 Å². The first-order chi connectivity index (χ1) is 9.20. The zero-order valence-electron chi connectivity index (χ0n) is 11.6. The topological polar surface area (TPSA) is 30.5 Å². The van der Waals surface area contributed by atoms with Crippen LogP contribution in [0.2, 0.25) is 0 Å². The summed E-state index contributed by atoms with van der Waals surface area (Å²) >= 11 is 0. The van der Waals surface area contributed by atoms with Crippen molar-refractivity contribution in [3.63, 3.8) is 0 Å². The van der Waals surface area contributed by atoms with Crippen LogP contribution in [0.25, 0.3) is 0 Å². The van der Waals surface area contributed by atoms with E-state index in [-0.39, 0.29) is 18.0 Å². The van der Waals surface area contributed by atoms with Gasteiger partial charge < -0.3 is 14.8 Å². The number of hydrogen-bond donors (Lipinski definition) is 1. The number of nitrogens with one attached hydrogen (secondary N) is 1. The van der Waals surface area contributed by atoms with Crippen molar-refractivity contribution < 1.29 is 13.9 Å². The Morgan fingerprint density at radius 1 is 1.37 bits per heavy atom. The molecule has 1 heterocycles. The van der Waals surface area contributed by atoms with E-state index in [9.17, 15) is 4.39 Å². The third kappa shape index (κ3) is 3.91. The highest BCUT2D eigenvalue weighted by atomic mass is 19.1. The predicted octanol–water partition coefficient (Wildman–Crippen LogP) is 3.05. The number of benzene rings is 1. The third-order valence-corrected chi connectivity index (χ3v) is 3.41. The van der Waals surface area contributed by atoms with Crippen LogP contribution in [-0.4, -0.2) is 25.8 Å². The molecule has 1 aromatic carbocycles. The van der Waals surface area contributed by atoms with Crippen LogP contribution in [0.15, 0.2) is 18.2 Å². The first kappa shape index (κ1) is 14.3. The van der Waals surface area contributed by atoms with E-state index in [1.165, 1.54) is 6.07 Å². The maximum atomic E-state index is 13.8. The van der Waals surface area contributed by atoms with Gasteiger partial charge in [-0.25, -0.2) is 4.39 Å². The second-order valence-corrected chi connectivity index (χ2v) is 4.85. The first-order valence-corrected chi connectivity index (χ1v) is 6.99. The molecule has 0 saturated carbocycles. The van der Waals surface area contributed by atoms with Crippen molar-refractivity contribution in [2.75, 3.05) is 19.7 Å². The van der Waals surface area contributed by atoms with Crippen molar-refractivity contribution in [2.45, 2.75) is 38.9 Å². The molecule has 0 bridgehead atoms. The van der Waals surface area contributed by atoms with E-state index in [1.54, 1.807) is 6.07 Å². The third-order valence-electron chi connectivity index (χ3n) is 3.41. The Balaban J connectivity index is 1.98. The highest BCUT2D eigenvalue weighted by molar-refractivity contribution is 5.30. The van der Waals surface area contributed by atoms with Crippen LogP contribution in [0.1, 0.15) is 38.4 Å². The number of rotatable bonds is 5. The van der Waals surface area contributed by atoms with Crippen LogP contribution in [-0.2, 0) is 4.74 Å². The summed E-state index contributed by atoms with van der Waals surface area (Å²) in [6, 6.07) is 5.06. The minimum Gasteiger partial charge on any atom is -0.491 e. The molecule has 1 atom stereocenters. The SMILES string of the molecule is CCOc1ccc(C(C)OC2CCNCC2)cc1F. The van der Waals surface area contributed by atoms with Crippen molar-refractivity contribution in [2.24, 2.45) is 0 Å². The van der Waals surface area contributed by atoms with Gasteiger partial charge in [-0.15, -0.1) is 0 Å². The lowest BCUT2D eigenvalue weighted by Crippen LogP contribution is -2.33. The van der Waals surface area contributed by atoms with Crippen LogP contribution in [0.3, 0.4) is 0 Å². The molecule has 0 aliphatic carbocycles. The molecule has 3 nitrogen and oxygen atoms in total. The van der Waals surface area contributed by atoms with E-state index in [0.717, 1.165) is 31.5 Å². The fraction of sp³-hybridized carbons (Fsp3) is 0.600. The van der Waals surface area contributed by atoms with Crippen LogP contribution in [0.5, 0.6) is 5.75 Å². The second-order valence-electron chi connectivity index (χ2n) is 4.85. The van der Waals surface area contributed by atoms with Gasteiger partial charge in [-0.3, -0.25) is 0 Å². The summed E-state index contributed by atoms with van der Waals surface area (Å²) < 4.78 is 25.0. The number of hydrogen-bond acceptors (Lipinski definition) is 3. The Hall–Kier alpha value is -1.13. The average molecular weight is 267 g/mol. The van der Waals surface area contributed by atoms with Crippen molar-refractivity contribution >= 4 is 0 Å². The minimum atomic E-state index is -0.319. The van der Waals surface area contributed by atoms with Gasteiger partial charge in [0.25, 0.3) is 0 Å². The minimum absolute atomic E-state index is 0.0896. The van der Waals surface area contributed by atoms with E-state index < -0.39 is 0 Å². The number of ether oxygens (including phenoxy) is 2. The van der Waals surface area contributed by atoms with E-state index >= 15 is 0 Å². The number of halogens is 1. The monoisotopic (exact) mass is 267 g/mol. The van der Waals surface area contributed by atoms with E-state index in [2.05, 4.69) is 5.32 Å². The second kappa shape index (κ2) is 6.87. The van der Waals surface area contributed by atoms with Crippen molar-refractivity contribution in [3.05, 3.63) is 29.6 Å². The molecule has 0 amide bonds. The van der Waals surface area contributed by atoms with Gasteiger partial charge in [-0.2, -0.15) is 0 Å². The highest BCUT2D eigenvalue weighted by Crippen LogP contribution is 2.26. The van der Waals surface area contributed by atoms with E-state index in [0.29, 0.717) is 12.4 Å². The normalized spacial score (nSPS) is 18.3. The molecule has 0 aromatic heterocycles.